The number of thioether (sulfide) groups is 1. The maximum absolute atomic E-state index is 11.7. The molecule has 1 rings (SSSR count). The van der Waals surface area contributed by atoms with Crippen molar-refractivity contribution in [2.75, 3.05) is 13.2 Å². The summed E-state index contributed by atoms with van der Waals surface area (Å²) in [5.41, 5.74) is 0. The molecule has 0 aromatic rings. The topological polar surface area (TPSA) is 46.6 Å². The number of amides is 1. The van der Waals surface area contributed by atoms with Gasteiger partial charge in [-0.05, 0) is 19.3 Å². The Labute approximate surface area is 101 Å². The van der Waals surface area contributed by atoms with E-state index in [0.29, 0.717) is 13.2 Å². The molecule has 1 atom stereocenters. The molecule has 0 bridgehead atoms. The number of likely N-dealkylation sites (tertiary alicyclic amines) is 1. The summed E-state index contributed by atoms with van der Waals surface area (Å²) < 4.78 is 5.14. The second-order valence-electron chi connectivity index (χ2n) is 3.87. The van der Waals surface area contributed by atoms with Crippen LogP contribution in [0.1, 0.15) is 39.5 Å². The first-order valence-electron chi connectivity index (χ1n) is 5.75. The van der Waals surface area contributed by atoms with Crippen molar-refractivity contribution < 1.29 is 14.3 Å². The fourth-order valence-corrected chi connectivity index (χ4v) is 2.63. The highest BCUT2D eigenvalue weighted by molar-refractivity contribution is 8.14. The summed E-state index contributed by atoms with van der Waals surface area (Å²) in [5.74, 6) is 0. The first-order valence-corrected chi connectivity index (χ1v) is 6.63. The van der Waals surface area contributed by atoms with Crippen molar-refractivity contribution in [1.29, 1.82) is 0 Å². The van der Waals surface area contributed by atoms with Crippen LogP contribution in [0.4, 0.5) is 4.79 Å². The van der Waals surface area contributed by atoms with Crippen molar-refractivity contribution >= 4 is 23.0 Å². The minimum absolute atomic E-state index is 0.0216. The molecule has 0 saturated carbocycles. The van der Waals surface area contributed by atoms with Gasteiger partial charge in [-0.1, -0.05) is 25.1 Å². The SMILES string of the molecule is CCCCOC(=O)N1CCCC1SC(C)=O. The maximum atomic E-state index is 11.7. The second kappa shape index (κ2) is 6.78. The Morgan fingerprint density at radius 2 is 2.25 bits per heavy atom. The van der Waals surface area contributed by atoms with Gasteiger partial charge in [0.05, 0.1) is 12.0 Å². The molecule has 0 spiro atoms. The highest BCUT2D eigenvalue weighted by atomic mass is 32.2. The molecule has 1 fully saturated rings. The minimum Gasteiger partial charge on any atom is -0.449 e. The Hall–Kier alpha value is -0.710. The minimum atomic E-state index is -0.273. The van der Waals surface area contributed by atoms with Crippen molar-refractivity contribution in [3.8, 4) is 0 Å². The Morgan fingerprint density at radius 3 is 2.88 bits per heavy atom. The van der Waals surface area contributed by atoms with Crippen LogP contribution >= 0.6 is 11.8 Å². The first kappa shape index (κ1) is 13.4. The van der Waals surface area contributed by atoms with Crippen molar-refractivity contribution in [2.45, 2.75) is 44.9 Å². The Kier molecular flexibility index (Phi) is 5.66. The predicted molar refractivity (Wildman–Crippen MR) is 64.3 cm³/mol. The number of ether oxygens (including phenoxy) is 1. The third-order valence-corrected chi connectivity index (χ3v) is 3.55. The molecule has 92 valence electrons. The van der Waals surface area contributed by atoms with Crippen LogP contribution in [0, 0.1) is 0 Å². The summed E-state index contributed by atoms with van der Waals surface area (Å²) >= 11 is 1.22. The maximum Gasteiger partial charge on any atom is 0.410 e. The van der Waals surface area contributed by atoms with Crippen LogP contribution in [0.5, 0.6) is 0 Å². The highest BCUT2D eigenvalue weighted by Crippen LogP contribution is 2.28. The van der Waals surface area contributed by atoms with E-state index in [1.54, 1.807) is 4.90 Å². The van der Waals surface area contributed by atoms with Crippen LogP contribution in [-0.2, 0) is 9.53 Å². The van der Waals surface area contributed by atoms with Gasteiger partial charge in [0.15, 0.2) is 5.12 Å². The molecule has 1 saturated heterocycles. The van der Waals surface area contributed by atoms with Gasteiger partial charge in [0.1, 0.15) is 0 Å². The summed E-state index contributed by atoms with van der Waals surface area (Å²) in [4.78, 5) is 24.4. The number of nitrogens with zero attached hydrogens (tertiary/aromatic N) is 1. The molecule has 4 nitrogen and oxygen atoms in total. The number of rotatable bonds is 4. The third kappa shape index (κ3) is 4.04. The molecule has 5 heteroatoms. The molecule has 0 N–H and O–H groups in total. The number of carbonyl (C=O) groups excluding carboxylic acids is 2. The van der Waals surface area contributed by atoms with Crippen molar-refractivity contribution in [2.24, 2.45) is 0 Å². The first-order chi connectivity index (χ1) is 7.65. The molecule has 0 aliphatic carbocycles. The van der Waals surface area contributed by atoms with Gasteiger partial charge in [-0.2, -0.15) is 0 Å². The number of carbonyl (C=O) groups is 2. The van der Waals surface area contributed by atoms with Gasteiger partial charge in [-0.3, -0.25) is 9.69 Å². The van der Waals surface area contributed by atoms with Gasteiger partial charge >= 0.3 is 6.09 Å². The van der Waals surface area contributed by atoms with Gasteiger partial charge in [-0.15, -0.1) is 0 Å². The van der Waals surface area contributed by atoms with E-state index in [0.717, 1.165) is 25.7 Å². The Morgan fingerprint density at radius 1 is 1.50 bits per heavy atom. The second-order valence-corrected chi connectivity index (χ2v) is 5.22. The zero-order valence-electron chi connectivity index (χ0n) is 9.90. The monoisotopic (exact) mass is 245 g/mol. The fourth-order valence-electron chi connectivity index (χ4n) is 1.65. The third-order valence-electron chi connectivity index (χ3n) is 2.46. The smallest absolute Gasteiger partial charge is 0.410 e. The summed E-state index contributed by atoms with van der Waals surface area (Å²) in [5, 5.41) is 0.0323. The molecule has 1 unspecified atom stereocenters. The average Bonchev–Trinajstić information content (AvgIpc) is 2.65. The van der Waals surface area contributed by atoms with Crippen molar-refractivity contribution in [1.82, 2.24) is 4.90 Å². The van der Waals surface area contributed by atoms with Crippen LogP contribution in [0.2, 0.25) is 0 Å². The van der Waals surface area contributed by atoms with E-state index in [1.165, 1.54) is 18.7 Å². The number of unbranched alkanes of at least 4 members (excludes halogenated alkanes) is 1. The summed E-state index contributed by atoms with van der Waals surface area (Å²) in [7, 11) is 0. The quantitative estimate of drug-likeness (QED) is 0.714. The van der Waals surface area contributed by atoms with Crippen molar-refractivity contribution in [3.63, 3.8) is 0 Å². The average molecular weight is 245 g/mol. The van der Waals surface area contributed by atoms with Crippen LogP contribution in [0.25, 0.3) is 0 Å². The summed E-state index contributed by atoms with van der Waals surface area (Å²) in [6.45, 7) is 4.76. The lowest BCUT2D eigenvalue weighted by Crippen LogP contribution is -2.34. The number of hydrogen-bond acceptors (Lipinski definition) is 4. The van der Waals surface area contributed by atoms with Crippen LogP contribution in [-0.4, -0.2) is 34.6 Å². The largest absolute Gasteiger partial charge is 0.449 e. The molecule has 1 heterocycles. The van der Waals surface area contributed by atoms with E-state index in [9.17, 15) is 9.59 Å². The van der Waals surface area contributed by atoms with Crippen LogP contribution in [0.15, 0.2) is 0 Å². The van der Waals surface area contributed by atoms with E-state index >= 15 is 0 Å². The number of hydrogen-bond donors (Lipinski definition) is 0. The Balaban J connectivity index is 2.38. The molecular weight excluding hydrogens is 226 g/mol. The molecule has 1 aliphatic heterocycles. The van der Waals surface area contributed by atoms with E-state index < -0.39 is 0 Å². The molecule has 0 aromatic carbocycles. The molecule has 1 aliphatic rings. The standard InChI is InChI=1S/C11H19NO3S/c1-3-4-8-15-11(14)12-7-5-6-10(12)16-9(2)13/h10H,3-8H2,1-2H3. The van der Waals surface area contributed by atoms with E-state index in [2.05, 4.69) is 6.92 Å². The molecule has 16 heavy (non-hydrogen) atoms. The molecule has 0 aromatic heterocycles. The Bertz CT molecular complexity index is 258. The van der Waals surface area contributed by atoms with E-state index in [1.807, 2.05) is 0 Å². The zero-order chi connectivity index (χ0) is 12.0. The lowest BCUT2D eigenvalue weighted by Gasteiger charge is -2.22. The normalized spacial score (nSPS) is 19.9. The van der Waals surface area contributed by atoms with Crippen molar-refractivity contribution in [3.05, 3.63) is 0 Å². The van der Waals surface area contributed by atoms with Gasteiger partial charge in [0, 0.05) is 13.5 Å². The van der Waals surface area contributed by atoms with E-state index in [-0.39, 0.29) is 16.6 Å². The lowest BCUT2D eigenvalue weighted by atomic mass is 10.4. The zero-order valence-corrected chi connectivity index (χ0v) is 10.7. The summed E-state index contributed by atoms with van der Waals surface area (Å²) in [6, 6.07) is 0. The highest BCUT2D eigenvalue weighted by Gasteiger charge is 2.31. The fraction of sp³-hybridized carbons (Fsp3) is 0.818. The van der Waals surface area contributed by atoms with Gasteiger partial charge in [0.2, 0.25) is 0 Å². The van der Waals surface area contributed by atoms with Crippen LogP contribution < -0.4 is 0 Å². The predicted octanol–water partition coefficient (Wildman–Crippen LogP) is 2.62. The van der Waals surface area contributed by atoms with Gasteiger partial charge < -0.3 is 4.74 Å². The van der Waals surface area contributed by atoms with Gasteiger partial charge in [0.25, 0.3) is 0 Å². The van der Waals surface area contributed by atoms with Crippen LogP contribution in [0.3, 0.4) is 0 Å². The molecule has 0 radical (unpaired) electrons. The van der Waals surface area contributed by atoms with E-state index in [4.69, 9.17) is 4.74 Å². The molecule has 1 amide bonds. The summed E-state index contributed by atoms with van der Waals surface area (Å²) in [6.07, 6.45) is 3.47. The molecular formula is C11H19NO3S. The van der Waals surface area contributed by atoms with Gasteiger partial charge in [-0.25, -0.2) is 4.79 Å². The lowest BCUT2D eigenvalue weighted by molar-refractivity contribution is -0.109.